The van der Waals surface area contributed by atoms with Crippen LogP contribution in [-0.4, -0.2) is 109 Å². The molecule has 0 aromatic carbocycles. The highest BCUT2D eigenvalue weighted by molar-refractivity contribution is 5.78. The number of aliphatic carboxylic acids is 1. The van der Waals surface area contributed by atoms with E-state index in [1.54, 1.807) is 0 Å². The van der Waals surface area contributed by atoms with E-state index in [-0.39, 0.29) is 0 Å². The van der Waals surface area contributed by atoms with Crippen LogP contribution in [0.5, 0.6) is 0 Å². The van der Waals surface area contributed by atoms with Crippen molar-refractivity contribution >= 4 is 17.8 Å². The molecule has 0 radical (unpaired) electrons. The molecular formula is C14H23NO12. The molecule has 13 nitrogen and oxygen atoms in total. The highest BCUT2D eigenvalue weighted by Crippen LogP contribution is 2.30. The second-order valence-electron chi connectivity index (χ2n) is 6.06. The van der Waals surface area contributed by atoms with E-state index in [0.717, 1.165) is 6.92 Å². The number of ether oxygens (including phenoxy) is 2. The van der Waals surface area contributed by atoms with Crippen molar-refractivity contribution in [3.63, 3.8) is 0 Å². The Morgan fingerprint density at radius 1 is 1.30 bits per heavy atom. The molecule has 27 heavy (non-hydrogen) atoms. The van der Waals surface area contributed by atoms with E-state index in [0.29, 0.717) is 0 Å². The van der Waals surface area contributed by atoms with Gasteiger partial charge in [-0.2, -0.15) is 0 Å². The largest absolute Gasteiger partial charge is 0.477 e. The Balaban J connectivity index is 2.99. The molecule has 0 spiro atoms. The third-order valence-electron chi connectivity index (χ3n) is 3.86. The fraction of sp³-hybridized carbons (Fsp3) is 0.786. The molecule has 1 aliphatic rings. The van der Waals surface area contributed by atoms with Gasteiger partial charge in [0, 0.05) is 6.42 Å². The number of rotatable bonds is 8. The fourth-order valence-corrected chi connectivity index (χ4v) is 2.41. The Morgan fingerprint density at radius 2 is 1.89 bits per heavy atom. The molecule has 1 unspecified atom stereocenters. The molecule has 1 aliphatic heterocycles. The first-order valence-corrected chi connectivity index (χ1v) is 7.85. The van der Waals surface area contributed by atoms with E-state index in [4.69, 9.17) is 20.1 Å². The Morgan fingerprint density at radius 3 is 2.37 bits per heavy atom. The van der Waals surface area contributed by atoms with E-state index < -0.39 is 79.8 Å². The Labute approximate surface area is 152 Å². The summed E-state index contributed by atoms with van der Waals surface area (Å²) in [5, 5.41) is 69.1. The van der Waals surface area contributed by atoms with Crippen molar-refractivity contribution in [3.8, 4) is 0 Å². The lowest BCUT2D eigenvalue weighted by Gasteiger charge is -2.44. The minimum absolute atomic E-state index is 0.840. The van der Waals surface area contributed by atoms with Crippen LogP contribution in [0.25, 0.3) is 0 Å². The molecule has 0 aromatic heterocycles. The van der Waals surface area contributed by atoms with Gasteiger partial charge in [-0.25, -0.2) is 9.59 Å². The lowest BCUT2D eigenvalue weighted by atomic mass is 9.88. The summed E-state index contributed by atoms with van der Waals surface area (Å²) in [6.07, 6.45) is -9.91. The molecular weight excluding hydrogens is 374 g/mol. The maximum Gasteiger partial charge on any atom is 0.364 e. The van der Waals surface area contributed by atoms with Crippen LogP contribution in [0.3, 0.4) is 0 Å². The van der Waals surface area contributed by atoms with Crippen LogP contribution >= 0.6 is 0 Å². The predicted molar refractivity (Wildman–Crippen MR) is 81.8 cm³/mol. The first kappa shape index (κ1) is 23.2. The summed E-state index contributed by atoms with van der Waals surface area (Å²) in [7, 11) is 0. The van der Waals surface area contributed by atoms with Crippen LogP contribution in [0.2, 0.25) is 0 Å². The highest BCUT2D eigenvalue weighted by atomic mass is 16.7. The zero-order valence-electron chi connectivity index (χ0n) is 14.3. The van der Waals surface area contributed by atoms with Gasteiger partial charge in [-0.15, -0.1) is 0 Å². The number of nitrogens with one attached hydrogen (secondary N) is 1. The number of carboxylic acids is 1. The molecule has 0 aromatic rings. The van der Waals surface area contributed by atoms with Gasteiger partial charge in [0.15, 0.2) is 0 Å². The number of aliphatic hydroxyl groups is 6. The molecule has 1 saturated heterocycles. The van der Waals surface area contributed by atoms with Gasteiger partial charge >= 0.3 is 11.9 Å². The summed E-state index contributed by atoms with van der Waals surface area (Å²) in [4.78, 5) is 33.8. The standard InChI is InChI=1S/C14H23NO12/c1-5(17)12(22)26-4-7(19)10(21)11-9(15-8(20)3-16)6(18)2-14(25,27-11)13(23)24/h5-7,9-11,16-19,21,25H,2-4H2,1H3,(H,15,20)(H,23,24)/t5?,6-,7+,9+,10+,11+,14-/m0/s1. The number of carbonyl (C=O) groups is 3. The maximum atomic E-state index is 11.4. The predicted octanol–water partition coefficient (Wildman–Crippen LogP) is -4.97. The quantitative estimate of drug-likeness (QED) is 0.180. The van der Waals surface area contributed by atoms with Crippen LogP contribution in [0, 0.1) is 0 Å². The average Bonchev–Trinajstić information content (AvgIpc) is 2.60. The number of carboxylic acid groups (broad SMARTS) is 1. The molecule has 13 heteroatoms. The minimum atomic E-state index is -2.93. The molecule has 156 valence electrons. The SMILES string of the molecule is CC(O)C(=O)OC[C@@H](O)[C@@H](O)[C@@H]1O[C@](O)(C(=O)O)C[C@H](O)[C@H]1NC(=O)CO. The van der Waals surface area contributed by atoms with Crippen molar-refractivity contribution in [1.29, 1.82) is 0 Å². The second-order valence-corrected chi connectivity index (χ2v) is 6.06. The van der Waals surface area contributed by atoms with Crippen LogP contribution in [0.1, 0.15) is 13.3 Å². The van der Waals surface area contributed by atoms with Crippen molar-refractivity contribution in [2.75, 3.05) is 13.2 Å². The summed E-state index contributed by atoms with van der Waals surface area (Å²) in [5.41, 5.74) is 0. The molecule has 0 saturated carbocycles. The number of amides is 1. The lowest BCUT2D eigenvalue weighted by Crippen LogP contribution is -2.67. The third-order valence-corrected chi connectivity index (χ3v) is 3.86. The van der Waals surface area contributed by atoms with Crippen molar-refractivity contribution in [2.24, 2.45) is 0 Å². The van der Waals surface area contributed by atoms with E-state index in [9.17, 15) is 34.8 Å². The topological polar surface area (TPSA) is 223 Å². The van der Waals surface area contributed by atoms with Crippen molar-refractivity contribution < 1.29 is 59.6 Å². The molecule has 8 N–H and O–H groups in total. The monoisotopic (exact) mass is 397 g/mol. The average molecular weight is 397 g/mol. The zero-order valence-corrected chi connectivity index (χ0v) is 14.3. The van der Waals surface area contributed by atoms with E-state index in [1.165, 1.54) is 0 Å². The smallest absolute Gasteiger partial charge is 0.364 e. The van der Waals surface area contributed by atoms with Crippen molar-refractivity contribution in [1.82, 2.24) is 5.32 Å². The van der Waals surface area contributed by atoms with Crippen LogP contribution in [0.4, 0.5) is 0 Å². The van der Waals surface area contributed by atoms with Gasteiger partial charge in [0.1, 0.15) is 37.6 Å². The van der Waals surface area contributed by atoms with E-state index in [1.807, 2.05) is 0 Å². The Bertz CT molecular complexity index is 554. The minimum Gasteiger partial charge on any atom is -0.477 e. The summed E-state index contributed by atoms with van der Waals surface area (Å²) >= 11 is 0. The second kappa shape index (κ2) is 9.36. The van der Waals surface area contributed by atoms with Gasteiger partial charge in [0.25, 0.3) is 5.79 Å². The first-order valence-electron chi connectivity index (χ1n) is 7.85. The van der Waals surface area contributed by atoms with Gasteiger partial charge in [-0.05, 0) is 6.92 Å². The summed E-state index contributed by atoms with van der Waals surface area (Å²) in [6.45, 7) is -0.740. The number of hydrogen-bond acceptors (Lipinski definition) is 11. The fourth-order valence-electron chi connectivity index (χ4n) is 2.41. The number of hydrogen-bond donors (Lipinski definition) is 8. The van der Waals surface area contributed by atoms with Crippen molar-refractivity contribution in [3.05, 3.63) is 0 Å². The van der Waals surface area contributed by atoms with Crippen LogP contribution < -0.4 is 5.32 Å². The van der Waals surface area contributed by atoms with E-state index >= 15 is 0 Å². The van der Waals surface area contributed by atoms with Gasteiger partial charge in [-0.3, -0.25) is 4.79 Å². The van der Waals surface area contributed by atoms with Gasteiger partial charge in [0.2, 0.25) is 5.91 Å². The van der Waals surface area contributed by atoms with Crippen LogP contribution in [-0.2, 0) is 23.9 Å². The molecule has 7 atom stereocenters. The lowest BCUT2D eigenvalue weighted by molar-refractivity contribution is -0.295. The molecule has 1 rings (SSSR count). The molecule has 1 heterocycles. The Kier molecular flexibility index (Phi) is 8.04. The zero-order chi connectivity index (χ0) is 20.9. The van der Waals surface area contributed by atoms with Crippen molar-refractivity contribution in [2.45, 2.75) is 55.7 Å². The molecule has 1 fully saturated rings. The van der Waals surface area contributed by atoms with Gasteiger partial charge < -0.3 is 50.5 Å². The molecule has 1 amide bonds. The van der Waals surface area contributed by atoms with Crippen LogP contribution in [0.15, 0.2) is 0 Å². The molecule has 0 bridgehead atoms. The van der Waals surface area contributed by atoms with Gasteiger partial charge in [-0.1, -0.05) is 0 Å². The summed E-state index contributed by atoms with van der Waals surface area (Å²) < 4.78 is 9.42. The highest BCUT2D eigenvalue weighted by Gasteiger charge is 2.54. The number of aliphatic hydroxyl groups excluding tert-OH is 5. The third kappa shape index (κ3) is 5.80. The summed E-state index contributed by atoms with van der Waals surface area (Å²) in [5.74, 6) is -6.93. The normalized spacial score (nSPS) is 31.4. The number of esters is 1. The molecule has 0 aliphatic carbocycles. The van der Waals surface area contributed by atoms with Gasteiger partial charge in [0.05, 0.1) is 12.1 Å². The first-order chi connectivity index (χ1) is 12.4. The van der Waals surface area contributed by atoms with E-state index in [2.05, 4.69) is 10.1 Å². The number of carbonyl (C=O) groups excluding carboxylic acids is 2. The maximum absolute atomic E-state index is 11.4. The Hall–Kier alpha value is -1.87. The summed E-state index contributed by atoms with van der Waals surface area (Å²) in [6, 6.07) is -1.51.